The van der Waals surface area contributed by atoms with Crippen LogP contribution in [-0.2, 0) is 4.79 Å². The fourth-order valence-corrected chi connectivity index (χ4v) is 2.55. The molecule has 0 unspecified atom stereocenters. The zero-order chi connectivity index (χ0) is 12.1. The summed E-state index contributed by atoms with van der Waals surface area (Å²) in [5.74, 6) is 0.0390. The molecule has 3 nitrogen and oxygen atoms in total. The lowest BCUT2D eigenvalue weighted by Crippen LogP contribution is -2.44. The largest absolute Gasteiger partial charge is 0.359 e. The molecule has 2 atom stereocenters. The standard InChI is InChI=1S/C14H20N2O/c1-15-14(17)13(11-7-3-2-4-8-11)12-9-5-6-10-16-12/h2-4,7-8,12-13,16H,5-6,9-10H2,1H3,(H,15,17)/t12-,13+/m0/s1. The van der Waals surface area contributed by atoms with Crippen LogP contribution < -0.4 is 10.6 Å². The molecular formula is C14H20N2O. The minimum absolute atomic E-state index is 0.0681. The third-order valence-corrected chi connectivity index (χ3v) is 3.44. The molecule has 1 amide bonds. The van der Waals surface area contributed by atoms with Crippen LogP contribution >= 0.6 is 0 Å². The normalized spacial score (nSPS) is 21.8. The van der Waals surface area contributed by atoms with Gasteiger partial charge in [-0.25, -0.2) is 0 Å². The summed E-state index contributed by atoms with van der Waals surface area (Å²) in [7, 11) is 1.71. The van der Waals surface area contributed by atoms with Gasteiger partial charge in [-0.1, -0.05) is 36.8 Å². The van der Waals surface area contributed by atoms with Gasteiger partial charge in [-0.2, -0.15) is 0 Å². The van der Waals surface area contributed by atoms with Gasteiger partial charge in [0.15, 0.2) is 0 Å². The van der Waals surface area contributed by atoms with Gasteiger partial charge in [0.05, 0.1) is 5.92 Å². The smallest absolute Gasteiger partial charge is 0.228 e. The van der Waals surface area contributed by atoms with Crippen molar-refractivity contribution in [2.24, 2.45) is 0 Å². The van der Waals surface area contributed by atoms with Gasteiger partial charge in [-0.3, -0.25) is 4.79 Å². The van der Waals surface area contributed by atoms with E-state index in [2.05, 4.69) is 10.6 Å². The Bertz CT molecular complexity index is 358. The first-order chi connectivity index (χ1) is 8.33. The predicted octanol–water partition coefficient (Wildman–Crippen LogP) is 1.66. The topological polar surface area (TPSA) is 41.1 Å². The van der Waals surface area contributed by atoms with Gasteiger partial charge in [-0.15, -0.1) is 0 Å². The Morgan fingerprint density at radius 2 is 2.12 bits per heavy atom. The van der Waals surface area contributed by atoms with E-state index in [0.717, 1.165) is 18.5 Å². The number of carbonyl (C=O) groups is 1. The van der Waals surface area contributed by atoms with Gasteiger partial charge in [0, 0.05) is 13.1 Å². The molecule has 1 aliphatic heterocycles. The number of nitrogens with one attached hydrogen (secondary N) is 2. The zero-order valence-electron chi connectivity index (χ0n) is 10.3. The monoisotopic (exact) mass is 232 g/mol. The van der Waals surface area contributed by atoms with E-state index in [1.54, 1.807) is 7.05 Å². The fourth-order valence-electron chi connectivity index (χ4n) is 2.55. The van der Waals surface area contributed by atoms with Gasteiger partial charge in [0.2, 0.25) is 5.91 Å². The van der Waals surface area contributed by atoms with Crippen molar-refractivity contribution in [2.75, 3.05) is 13.6 Å². The van der Waals surface area contributed by atoms with Crippen molar-refractivity contribution in [2.45, 2.75) is 31.2 Å². The highest BCUT2D eigenvalue weighted by molar-refractivity contribution is 5.84. The predicted molar refractivity (Wildman–Crippen MR) is 68.9 cm³/mol. The fraction of sp³-hybridized carbons (Fsp3) is 0.500. The van der Waals surface area contributed by atoms with Crippen LogP contribution in [0.2, 0.25) is 0 Å². The number of hydrogen-bond donors (Lipinski definition) is 2. The Kier molecular flexibility index (Phi) is 4.15. The van der Waals surface area contributed by atoms with Crippen molar-refractivity contribution in [1.82, 2.24) is 10.6 Å². The van der Waals surface area contributed by atoms with Gasteiger partial charge >= 0.3 is 0 Å². The number of carbonyl (C=O) groups excluding carboxylic acids is 1. The first kappa shape index (κ1) is 12.1. The van der Waals surface area contributed by atoms with Crippen molar-refractivity contribution in [1.29, 1.82) is 0 Å². The van der Waals surface area contributed by atoms with Crippen molar-refractivity contribution in [3.05, 3.63) is 35.9 Å². The number of likely N-dealkylation sites (N-methyl/N-ethyl adjacent to an activating group) is 1. The van der Waals surface area contributed by atoms with Crippen LogP contribution in [0.1, 0.15) is 30.7 Å². The molecular weight excluding hydrogens is 212 g/mol. The molecule has 0 spiro atoms. The van der Waals surface area contributed by atoms with Gasteiger partial charge < -0.3 is 10.6 Å². The molecule has 0 aromatic heterocycles. The third-order valence-electron chi connectivity index (χ3n) is 3.44. The van der Waals surface area contributed by atoms with Crippen molar-refractivity contribution < 1.29 is 4.79 Å². The second kappa shape index (κ2) is 5.82. The first-order valence-corrected chi connectivity index (χ1v) is 6.33. The maximum absolute atomic E-state index is 12.1. The molecule has 2 N–H and O–H groups in total. The van der Waals surface area contributed by atoms with E-state index in [0.29, 0.717) is 0 Å². The number of piperidine rings is 1. The second-order valence-electron chi connectivity index (χ2n) is 4.56. The molecule has 0 saturated carbocycles. The highest BCUT2D eigenvalue weighted by Crippen LogP contribution is 2.25. The van der Waals surface area contributed by atoms with Gasteiger partial charge in [-0.05, 0) is 24.9 Å². The lowest BCUT2D eigenvalue weighted by atomic mass is 9.86. The Balaban J connectivity index is 2.21. The average molecular weight is 232 g/mol. The lowest BCUT2D eigenvalue weighted by molar-refractivity contribution is -0.122. The summed E-state index contributed by atoms with van der Waals surface area (Å²) in [4.78, 5) is 12.1. The summed E-state index contributed by atoms with van der Waals surface area (Å²) < 4.78 is 0. The maximum Gasteiger partial charge on any atom is 0.228 e. The molecule has 17 heavy (non-hydrogen) atoms. The second-order valence-corrected chi connectivity index (χ2v) is 4.56. The number of hydrogen-bond acceptors (Lipinski definition) is 2. The van der Waals surface area contributed by atoms with Crippen molar-refractivity contribution in [3.63, 3.8) is 0 Å². The molecule has 2 rings (SSSR count). The molecule has 1 aromatic carbocycles. The minimum Gasteiger partial charge on any atom is -0.359 e. The van der Waals surface area contributed by atoms with Crippen LogP contribution in [0.4, 0.5) is 0 Å². The van der Waals surface area contributed by atoms with Gasteiger partial charge in [0.1, 0.15) is 0 Å². The number of rotatable bonds is 3. The number of benzene rings is 1. The van der Waals surface area contributed by atoms with Crippen molar-refractivity contribution >= 4 is 5.91 Å². The van der Waals surface area contributed by atoms with Crippen LogP contribution in [-0.4, -0.2) is 25.5 Å². The Morgan fingerprint density at radius 3 is 2.71 bits per heavy atom. The van der Waals surface area contributed by atoms with Gasteiger partial charge in [0.25, 0.3) is 0 Å². The highest BCUT2D eigenvalue weighted by Gasteiger charge is 2.29. The Labute approximate surface area is 103 Å². The van der Waals surface area contributed by atoms with E-state index in [1.807, 2.05) is 30.3 Å². The van der Waals surface area contributed by atoms with Crippen LogP contribution in [0.5, 0.6) is 0 Å². The average Bonchev–Trinajstić information content (AvgIpc) is 2.41. The number of amides is 1. The molecule has 1 heterocycles. The Morgan fingerprint density at radius 1 is 1.35 bits per heavy atom. The lowest BCUT2D eigenvalue weighted by Gasteiger charge is -2.30. The van der Waals surface area contributed by atoms with Crippen molar-refractivity contribution in [3.8, 4) is 0 Å². The van der Waals surface area contributed by atoms with Crippen LogP contribution in [0.15, 0.2) is 30.3 Å². The minimum atomic E-state index is -0.0681. The molecule has 1 fully saturated rings. The SMILES string of the molecule is CNC(=O)[C@H](c1ccccc1)[C@@H]1CCCCN1. The zero-order valence-corrected chi connectivity index (χ0v) is 10.3. The Hall–Kier alpha value is -1.35. The van der Waals surface area contributed by atoms with E-state index in [1.165, 1.54) is 12.8 Å². The molecule has 3 heteroatoms. The summed E-state index contributed by atoms with van der Waals surface area (Å²) >= 11 is 0. The van der Waals surface area contributed by atoms with E-state index in [-0.39, 0.29) is 17.9 Å². The molecule has 1 saturated heterocycles. The third kappa shape index (κ3) is 2.86. The molecule has 0 aliphatic carbocycles. The summed E-state index contributed by atoms with van der Waals surface area (Å²) in [6.45, 7) is 1.02. The van der Waals surface area contributed by atoms with E-state index < -0.39 is 0 Å². The molecule has 1 aliphatic rings. The van der Waals surface area contributed by atoms with Crippen LogP contribution in [0, 0.1) is 0 Å². The molecule has 0 radical (unpaired) electrons. The van der Waals surface area contributed by atoms with E-state index >= 15 is 0 Å². The summed E-state index contributed by atoms with van der Waals surface area (Å²) in [5.41, 5.74) is 1.10. The maximum atomic E-state index is 12.1. The quantitative estimate of drug-likeness (QED) is 0.832. The summed E-state index contributed by atoms with van der Waals surface area (Å²) in [5, 5.41) is 6.25. The first-order valence-electron chi connectivity index (χ1n) is 6.33. The van der Waals surface area contributed by atoms with E-state index in [9.17, 15) is 4.79 Å². The van der Waals surface area contributed by atoms with Crippen LogP contribution in [0.3, 0.4) is 0 Å². The summed E-state index contributed by atoms with van der Waals surface area (Å²) in [6, 6.07) is 10.3. The summed E-state index contributed by atoms with van der Waals surface area (Å²) in [6.07, 6.45) is 3.50. The molecule has 1 aromatic rings. The molecule has 92 valence electrons. The molecule has 0 bridgehead atoms. The van der Waals surface area contributed by atoms with E-state index in [4.69, 9.17) is 0 Å². The van der Waals surface area contributed by atoms with Crippen LogP contribution in [0.25, 0.3) is 0 Å². The highest BCUT2D eigenvalue weighted by atomic mass is 16.1.